The normalized spacial score (nSPS) is 11.5. The monoisotopic (exact) mass is 233 g/mol. The van der Waals surface area contributed by atoms with E-state index < -0.39 is 0 Å². The molecule has 0 heterocycles. The molecule has 0 atom stereocenters. The molecule has 94 valence electrons. The highest BCUT2D eigenvalue weighted by atomic mass is 16.1. The summed E-state index contributed by atoms with van der Waals surface area (Å²) in [4.78, 5) is 12.3. The molecule has 0 aliphatic rings. The van der Waals surface area contributed by atoms with Gasteiger partial charge in [-0.3, -0.25) is 4.79 Å². The van der Waals surface area contributed by atoms with Crippen molar-refractivity contribution in [3.63, 3.8) is 0 Å². The maximum atomic E-state index is 12.3. The third-order valence-corrected chi connectivity index (χ3v) is 3.14. The van der Waals surface area contributed by atoms with Gasteiger partial charge in [0.15, 0.2) is 5.78 Å². The fourth-order valence-corrected chi connectivity index (χ4v) is 1.98. The zero-order chi connectivity index (χ0) is 12.9. The third-order valence-electron chi connectivity index (χ3n) is 3.14. The van der Waals surface area contributed by atoms with Crippen molar-refractivity contribution in [2.75, 3.05) is 6.54 Å². The molecule has 0 aliphatic carbocycles. The molecule has 0 amide bonds. The lowest BCUT2D eigenvalue weighted by Crippen LogP contribution is -2.27. The van der Waals surface area contributed by atoms with Crippen LogP contribution in [0.15, 0.2) is 24.3 Å². The van der Waals surface area contributed by atoms with Gasteiger partial charge in [-0.15, -0.1) is 0 Å². The zero-order valence-corrected chi connectivity index (χ0v) is 11.1. The number of Topliss-reactive ketones (excluding diaryl/α,β-unsaturated/α-hetero) is 1. The van der Waals surface area contributed by atoms with E-state index in [1.165, 1.54) is 5.56 Å². The summed E-state index contributed by atoms with van der Waals surface area (Å²) in [6.45, 7) is 6.63. The number of carbonyl (C=O) groups excluding carboxylic acids is 1. The molecule has 0 fully saturated rings. The Labute approximate surface area is 104 Å². The number of aryl methyl sites for hydroxylation is 1. The van der Waals surface area contributed by atoms with Crippen LogP contribution >= 0.6 is 0 Å². The van der Waals surface area contributed by atoms with Crippen LogP contribution in [0.1, 0.15) is 49.5 Å². The van der Waals surface area contributed by atoms with Crippen molar-refractivity contribution in [1.29, 1.82) is 0 Å². The molecule has 0 unspecified atom stereocenters. The molecule has 0 aromatic heterocycles. The van der Waals surface area contributed by atoms with Crippen LogP contribution in [-0.4, -0.2) is 12.3 Å². The molecule has 0 spiro atoms. The topological polar surface area (TPSA) is 43.1 Å². The molecule has 2 N–H and O–H groups in total. The first-order chi connectivity index (χ1) is 8.01. The Morgan fingerprint density at radius 3 is 2.29 bits per heavy atom. The lowest BCUT2D eigenvalue weighted by atomic mass is 9.81. The Morgan fingerprint density at radius 2 is 1.82 bits per heavy atom. The Morgan fingerprint density at radius 1 is 1.24 bits per heavy atom. The second-order valence-electron chi connectivity index (χ2n) is 5.20. The van der Waals surface area contributed by atoms with Crippen molar-refractivity contribution in [3.05, 3.63) is 35.4 Å². The minimum atomic E-state index is -0.360. The van der Waals surface area contributed by atoms with Crippen LogP contribution in [0.3, 0.4) is 0 Å². The van der Waals surface area contributed by atoms with Gasteiger partial charge < -0.3 is 5.73 Å². The molecule has 0 aliphatic heterocycles. The molecule has 1 rings (SSSR count). The second kappa shape index (κ2) is 5.97. The van der Waals surface area contributed by atoms with Gasteiger partial charge in [-0.1, -0.05) is 51.5 Å². The van der Waals surface area contributed by atoms with Gasteiger partial charge in [0.05, 0.1) is 0 Å². The lowest BCUT2D eigenvalue weighted by Gasteiger charge is -2.22. The number of hydrogen-bond donors (Lipinski definition) is 1. The van der Waals surface area contributed by atoms with Crippen LogP contribution < -0.4 is 5.73 Å². The third kappa shape index (κ3) is 3.67. The van der Waals surface area contributed by atoms with E-state index in [-0.39, 0.29) is 11.2 Å². The van der Waals surface area contributed by atoms with Crippen LogP contribution in [0.2, 0.25) is 0 Å². The van der Waals surface area contributed by atoms with Crippen LogP contribution in [0, 0.1) is 5.41 Å². The van der Waals surface area contributed by atoms with E-state index in [0.717, 1.165) is 24.8 Å². The van der Waals surface area contributed by atoms with Crippen LogP contribution in [0.25, 0.3) is 0 Å². The van der Waals surface area contributed by atoms with Crippen LogP contribution in [0.4, 0.5) is 0 Å². The van der Waals surface area contributed by atoms with E-state index in [0.29, 0.717) is 6.54 Å². The Kier molecular flexibility index (Phi) is 4.88. The first-order valence-corrected chi connectivity index (χ1v) is 6.35. The minimum absolute atomic E-state index is 0.186. The summed E-state index contributed by atoms with van der Waals surface area (Å²) in [5, 5.41) is 0. The van der Waals surface area contributed by atoms with Gasteiger partial charge in [0, 0.05) is 11.0 Å². The van der Waals surface area contributed by atoms with Crippen molar-refractivity contribution in [2.24, 2.45) is 11.1 Å². The highest BCUT2D eigenvalue weighted by molar-refractivity contribution is 6.00. The minimum Gasteiger partial charge on any atom is -0.330 e. The van der Waals surface area contributed by atoms with E-state index in [1.807, 2.05) is 26.0 Å². The van der Waals surface area contributed by atoms with Gasteiger partial charge in [0.2, 0.25) is 0 Å². The molecule has 0 bridgehead atoms. The van der Waals surface area contributed by atoms with Crippen molar-refractivity contribution < 1.29 is 4.79 Å². The molecular formula is C15H23NO. The highest BCUT2D eigenvalue weighted by Crippen LogP contribution is 2.25. The standard InChI is InChI=1S/C15H23NO/c1-4-5-12-6-8-13(9-7-12)14(17)15(2,3)10-11-16/h6-9H,4-5,10-11,16H2,1-3H3. The predicted octanol–water partition coefficient (Wildman–Crippen LogP) is 3.20. The highest BCUT2D eigenvalue weighted by Gasteiger charge is 2.27. The van der Waals surface area contributed by atoms with E-state index >= 15 is 0 Å². The van der Waals surface area contributed by atoms with E-state index in [9.17, 15) is 4.79 Å². The predicted molar refractivity (Wildman–Crippen MR) is 72.2 cm³/mol. The van der Waals surface area contributed by atoms with Crippen molar-refractivity contribution in [1.82, 2.24) is 0 Å². The molecule has 1 aromatic carbocycles. The first kappa shape index (κ1) is 13.9. The van der Waals surface area contributed by atoms with E-state index in [4.69, 9.17) is 5.73 Å². The Bertz CT molecular complexity index is 365. The second-order valence-corrected chi connectivity index (χ2v) is 5.20. The quantitative estimate of drug-likeness (QED) is 0.767. The largest absolute Gasteiger partial charge is 0.330 e. The summed E-state index contributed by atoms with van der Waals surface area (Å²) >= 11 is 0. The van der Waals surface area contributed by atoms with Crippen LogP contribution in [0.5, 0.6) is 0 Å². The smallest absolute Gasteiger partial charge is 0.168 e. The Balaban J connectivity index is 2.82. The summed E-state index contributed by atoms with van der Waals surface area (Å²) in [5.74, 6) is 0.186. The number of benzene rings is 1. The van der Waals surface area contributed by atoms with E-state index in [1.54, 1.807) is 0 Å². The molecular weight excluding hydrogens is 210 g/mol. The van der Waals surface area contributed by atoms with Crippen molar-refractivity contribution in [2.45, 2.75) is 40.0 Å². The molecule has 0 radical (unpaired) electrons. The fraction of sp³-hybridized carbons (Fsp3) is 0.533. The summed E-state index contributed by atoms with van der Waals surface area (Å²) in [5.41, 5.74) is 7.27. The molecule has 2 heteroatoms. The average Bonchev–Trinajstić information content (AvgIpc) is 2.29. The molecule has 0 saturated carbocycles. The van der Waals surface area contributed by atoms with E-state index in [2.05, 4.69) is 19.1 Å². The van der Waals surface area contributed by atoms with Gasteiger partial charge in [0.25, 0.3) is 0 Å². The van der Waals surface area contributed by atoms with Gasteiger partial charge in [-0.2, -0.15) is 0 Å². The molecule has 17 heavy (non-hydrogen) atoms. The summed E-state index contributed by atoms with van der Waals surface area (Å²) < 4.78 is 0. The van der Waals surface area contributed by atoms with Gasteiger partial charge in [-0.05, 0) is 24.9 Å². The molecule has 0 saturated heterocycles. The van der Waals surface area contributed by atoms with Gasteiger partial charge in [-0.25, -0.2) is 0 Å². The summed E-state index contributed by atoms with van der Waals surface area (Å²) in [6, 6.07) is 7.97. The maximum Gasteiger partial charge on any atom is 0.168 e. The number of carbonyl (C=O) groups is 1. The number of ketones is 1. The Hall–Kier alpha value is -1.15. The first-order valence-electron chi connectivity index (χ1n) is 6.35. The van der Waals surface area contributed by atoms with Gasteiger partial charge >= 0.3 is 0 Å². The van der Waals surface area contributed by atoms with Crippen LogP contribution in [-0.2, 0) is 6.42 Å². The molecule has 2 nitrogen and oxygen atoms in total. The summed E-state index contributed by atoms with van der Waals surface area (Å²) in [7, 11) is 0. The lowest BCUT2D eigenvalue weighted by molar-refractivity contribution is 0.0829. The fourth-order valence-electron chi connectivity index (χ4n) is 1.98. The number of rotatable bonds is 6. The SMILES string of the molecule is CCCc1ccc(C(=O)C(C)(C)CCN)cc1. The van der Waals surface area contributed by atoms with Gasteiger partial charge in [0.1, 0.15) is 0 Å². The number of nitrogens with two attached hydrogens (primary N) is 1. The zero-order valence-electron chi connectivity index (χ0n) is 11.1. The number of hydrogen-bond acceptors (Lipinski definition) is 2. The maximum absolute atomic E-state index is 12.3. The average molecular weight is 233 g/mol. The van der Waals surface area contributed by atoms with Crippen molar-refractivity contribution >= 4 is 5.78 Å². The molecule has 1 aromatic rings. The van der Waals surface area contributed by atoms with Crippen molar-refractivity contribution in [3.8, 4) is 0 Å². The summed E-state index contributed by atoms with van der Waals surface area (Å²) in [6.07, 6.45) is 2.93.